The van der Waals surface area contributed by atoms with Crippen molar-refractivity contribution in [3.63, 3.8) is 0 Å². The monoisotopic (exact) mass is 708 g/mol. The molecule has 2 aromatic heterocycles. The number of rotatable bonds is 5. The molecular formula is C35H33N2O2Pt-. The number of ether oxygens (including phenoxy) is 1. The summed E-state index contributed by atoms with van der Waals surface area (Å²) in [6.45, 7) is 12.9. The molecule has 0 saturated carbocycles. The molecule has 2 heterocycles. The van der Waals surface area contributed by atoms with Crippen LogP contribution < -0.4 is 4.74 Å². The third-order valence-corrected chi connectivity index (χ3v) is 6.81. The molecule has 3 aromatic carbocycles. The van der Waals surface area contributed by atoms with Crippen molar-refractivity contribution in [1.29, 1.82) is 0 Å². The number of benzene rings is 3. The first kappa shape index (κ1) is 29.2. The molecule has 4 nitrogen and oxygen atoms in total. The molecule has 0 fully saturated rings. The van der Waals surface area contributed by atoms with Gasteiger partial charge < -0.3 is 9.84 Å². The Balaban J connectivity index is 0.00000370. The smallest absolute Gasteiger partial charge is 0.217 e. The quantitative estimate of drug-likeness (QED) is 0.185. The van der Waals surface area contributed by atoms with Gasteiger partial charge in [0, 0.05) is 44.6 Å². The zero-order chi connectivity index (χ0) is 27.7. The summed E-state index contributed by atoms with van der Waals surface area (Å²) < 4.78 is 6.14. The second kappa shape index (κ2) is 11.8. The van der Waals surface area contributed by atoms with Crippen molar-refractivity contribution in [1.82, 2.24) is 9.97 Å². The molecule has 5 aromatic rings. The van der Waals surface area contributed by atoms with E-state index in [4.69, 9.17) is 9.72 Å². The summed E-state index contributed by atoms with van der Waals surface area (Å²) in [7, 11) is 0. The number of phenols is 1. The molecule has 0 spiro atoms. The van der Waals surface area contributed by atoms with Gasteiger partial charge in [-0.3, -0.25) is 4.98 Å². The Morgan fingerprint density at radius 1 is 0.800 bits per heavy atom. The van der Waals surface area contributed by atoms with Gasteiger partial charge in [-0.2, -0.15) is 0 Å². The van der Waals surface area contributed by atoms with E-state index in [1.54, 1.807) is 12.3 Å². The van der Waals surface area contributed by atoms with Crippen LogP contribution in [0.25, 0.3) is 33.6 Å². The van der Waals surface area contributed by atoms with Crippen molar-refractivity contribution >= 4 is 0 Å². The van der Waals surface area contributed by atoms with Crippen LogP contribution in [0.15, 0.2) is 85.1 Å². The molecule has 0 atom stereocenters. The molecule has 40 heavy (non-hydrogen) atoms. The number of aryl methyl sites for hydroxylation is 3. The third kappa shape index (κ3) is 6.34. The molecule has 0 amide bonds. The van der Waals surface area contributed by atoms with Gasteiger partial charge >= 0.3 is 0 Å². The fourth-order valence-corrected chi connectivity index (χ4v) is 4.97. The van der Waals surface area contributed by atoms with E-state index in [1.807, 2.05) is 42.5 Å². The summed E-state index contributed by atoms with van der Waals surface area (Å²) in [5.74, 6) is 1.28. The number of pyridine rings is 2. The van der Waals surface area contributed by atoms with Crippen molar-refractivity contribution in [2.75, 3.05) is 0 Å². The fourth-order valence-electron chi connectivity index (χ4n) is 4.97. The van der Waals surface area contributed by atoms with E-state index in [-0.39, 0.29) is 32.2 Å². The number of aromatic hydroxyl groups is 1. The molecular weight excluding hydrogens is 675 g/mol. The largest absolute Gasteiger partial charge is 0.507 e. The first-order chi connectivity index (χ1) is 18.6. The van der Waals surface area contributed by atoms with Gasteiger partial charge in [-0.15, -0.1) is 17.2 Å². The zero-order valence-corrected chi connectivity index (χ0v) is 25.9. The van der Waals surface area contributed by atoms with Gasteiger partial charge in [0.05, 0.1) is 5.69 Å². The SMILES string of the molecule is Cc1cc(C)c(-c2cc(-c3[c-]c(Oc4ccccn4)cc(C(C)(C)C)c3)nc(-c3ccccc3O)c2)c(C)c1.[Pt]. The fraction of sp³-hybridized carbons (Fsp3) is 0.200. The minimum atomic E-state index is -0.131. The van der Waals surface area contributed by atoms with Crippen LogP contribution in [0, 0.1) is 26.8 Å². The van der Waals surface area contributed by atoms with Crippen LogP contribution >= 0.6 is 0 Å². The molecule has 5 heteroatoms. The molecule has 0 aliphatic rings. The van der Waals surface area contributed by atoms with E-state index < -0.39 is 0 Å². The van der Waals surface area contributed by atoms with Crippen LogP contribution in [-0.2, 0) is 26.5 Å². The molecule has 5 rings (SSSR count). The van der Waals surface area contributed by atoms with Crippen molar-refractivity contribution in [3.05, 3.63) is 113 Å². The number of aromatic nitrogens is 2. The summed E-state index contributed by atoms with van der Waals surface area (Å²) in [6, 6.07) is 29.1. The average molecular weight is 709 g/mol. The zero-order valence-electron chi connectivity index (χ0n) is 23.6. The molecule has 1 N–H and O–H groups in total. The third-order valence-electron chi connectivity index (χ3n) is 6.81. The topological polar surface area (TPSA) is 55.2 Å². The molecule has 0 aliphatic carbocycles. The number of para-hydroxylation sites is 1. The van der Waals surface area contributed by atoms with E-state index in [1.165, 1.54) is 16.7 Å². The number of nitrogens with zero attached hydrogens (tertiary/aromatic N) is 2. The number of hydrogen-bond acceptors (Lipinski definition) is 4. The number of phenolic OH excluding ortho intramolecular Hbond substituents is 1. The second-order valence-corrected chi connectivity index (χ2v) is 11.1. The Kier molecular flexibility index (Phi) is 8.61. The van der Waals surface area contributed by atoms with Crippen LogP contribution in [-0.4, -0.2) is 15.1 Å². The molecule has 0 unspecified atom stereocenters. The summed E-state index contributed by atoms with van der Waals surface area (Å²) in [6.07, 6.45) is 1.71. The summed E-state index contributed by atoms with van der Waals surface area (Å²) in [5, 5.41) is 10.7. The van der Waals surface area contributed by atoms with Crippen LogP contribution in [0.1, 0.15) is 43.0 Å². The van der Waals surface area contributed by atoms with Crippen molar-refractivity contribution < 1.29 is 30.9 Å². The van der Waals surface area contributed by atoms with Gasteiger partial charge in [0.2, 0.25) is 5.88 Å². The molecule has 0 radical (unpaired) electrons. The van der Waals surface area contributed by atoms with E-state index in [0.717, 1.165) is 27.9 Å². The van der Waals surface area contributed by atoms with Gasteiger partial charge in [-0.05, 0) is 78.4 Å². The van der Waals surface area contributed by atoms with E-state index in [9.17, 15) is 5.11 Å². The minimum Gasteiger partial charge on any atom is -0.507 e. The van der Waals surface area contributed by atoms with Crippen LogP contribution in [0.4, 0.5) is 0 Å². The maximum absolute atomic E-state index is 10.7. The van der Waals surface area contributed by atoms with Crippen molar-refractivity contribution in [3.8, 4) is 51.0 Å². The van der Waals surface area contributed by atoms with Crippen LogP contribution in [0.2, 0.25) is 0 Å². The van der Waals surface area contributed by atoms with Gasteiger partial charge in [-0.25, -0.2) is 4.98 Å². The van der Waals surface area contributed by atoms with Gasteiger partial charge in [0.1, 0.15) is 5.75 Å². The standard InChI is InChI=1S/C35H33N2O2.Pt/c1-22-15-23(2)34(24(3)16-22)26-19-30(37-31(20-26)29-11-7-8-12-32(29)38)25-17-27(35(4,5)6)21-28(18-25)39-33-13-9-10-14-36-33;/h7-17,19-21,38H,1-6H3;/q-1;. The summed E-state index contributed by atoms with van der Waals surface area (Å²) in [5.41, 5.74) is 9.73. The second-order valence-electron chi connectivity index (χ2n) is 11.1. The predicted octanol–water partition coefficient (Wildman–Crippen LogP) is 9.00. The first-order valence-corrected chi connectivity index (χ1v) is 13.1. The summed E-state index contributed by atoms with van der Waals surface area (Å²) >= 11 is 0. The Morgan fingerprint density at radius 2 is 1.48 bits per heavy atom. The summed E-state index contributed by atoms with van der Waals surface area (Å²) in [4.78, 5) is 9.37. The van der Waals surface area contributed by atoms with Crippen LogP contribution in [0.3, 0.4) is 0 Å². The Hall–Kier alpha value is -3.75. The van der Waals surface area contributed by atoms with Gasteiger partial charge in [0.15, 0.2) is 0 Å². The van der Waals surface area contributed by atoms with Crippen LogP contribution in [0.5, 0.6) is 17.4 Å². The first-order valence-electron chi connectivity index (χ1n) is 13.1. The molecule has 0 saturated heterocycles. The van der Waals surface area contributed by atoms with E-state index in [2.05, 4.69) is 82.9 Å². The average Bonchev–Trinajstić information content (AvgIpc) is 2.88. The normalized spacial score (nSPS) is 11.2. The molecule has 206 valence electrons. The van der Waals surface area contributed by atoms with E-state index >= 15 is 0 Å². The predicted molar refractivity (Wildman–Crippen MR) is 158 cm³/mol. The maximum atomic E-state index is 10.7. The Labute approximate surface area is 251 Å². The van der Waals surface area contributed by atoms with Gasteiger partial charge in [0.25, 0.3) is 0 Å². The van der Waals surface area contributed by atoms with Crippen molar-refractivity contribution in [2.45, 2.75) is 47.0 Å². The Bertz CT molecular complexity index is 1630. The Morgan fingerprint density at radius 3 is 2.12 bits per heavy atom. The molecule has 0 aliphatic heterocycles. The van der Waals surface area contributed by atoms with Gasteiger partial charge in [-0.1, -0.05) is 74.9 Å². The maximum Gasteiger partial charge on any atom is 0.217 e. The minimum absolute atomic E-state index is 0. The van der Waals surface area contributed by atoms with Crippen molar-refractivity contribution in [2.24, 2.45) is 0 Å². The number of hydrogen-bond donors (Lipinski definition) is 1. The van der Waals surface area contributed by atoms with E-state index in [0.29, 0.717) is 22.9 Å². The molecule has 0 bridgehead atoms.